The summed E-state index contributed by atoms with van der Waals surface area (Å²) in [6, 6.07) is 1.74. The van der Waals surface area contributed by atoms with E-state index in [-0.39, 0.29) is 18.7 Å². The van der Waals surface area contributed by atoms with Crippen molar-refractivity contribution in [1.82, 2.24) is 4.90 Å². The normalized spacial score (nSPS) is 21.0. The van der Waals surface area contributed by atoms with Gasteiger partial charge in [-0.2, -0.15) is 13.2 Å². The molecule has 0 radical (unpaired) electrons. The van der Waals surface area contributed by atoms with Crippen LogP contribution in [-0.4, -0.2) is 36.1 Å². The van der Waals surface area contributed by atoms with Gasteiger partial charge in [0.25, 0.3) is 0 Å². The predicted octanol–water partition coefficient (Wildman–Crippen LogP) is 3.57. The van der Waals surface area contributed by atoms with Gasteiger partial charge in [-0.25, -0.2) is 8.78 Å². The van der Waals surface area contributed by atoms with Crippen molar-refractivity contribution in [3.05, 3.63) is 29.8 Å². The molecule has 0 aliphatic carbocycles. The number of benzene rings is 1. The van der Waals surface area contributed by atoms with Gasteiger partial charge >= 0.3 is 6.18 Å². The first-order valence-corrected chi connectivity index (χ1v) is 7.25. The summed E-state index contributed by atoms with van der Waals surface area (Å²) < 4.78 is 65.0. The lowest BCUT2D eigenvalue weighted by Crippen LogP contribution is -2.49. The van der Waals surface area contributed by atoms with E-state index in [1.165, 1.54) is 11.8 Å². The van der Waals surface area contributed by atoms with Crippen LogP contribution in [0.5, 0.6) is 0 Å². The van der Waals surface area contributed by atoms with Gasteiger partial charge in [0.15, 0.2) is 0 Å². The zero-order chi connectivity index (χ0) is 17.2. The van der Waals surface area contributed by atoms with Crippen LogP contribution in [-0.2, 0) is 4.79 Å². The summed E-state index contributed by atoms with van der Waals surface area (Å²) in [6.07, 6.45) is -3.94. The SMILES string of the molecule is CC(C(=O)Nc1cc(F)ccc1F)N1CCCC(C(F)(F)F)C1. The van der Waals surface area contributed by atoms with E-state index in [0.29, 0.717) is 13.0 Å². The van der Waals surface area contributed by atoms with Crippen LogP contribution >= 0.6 is 0 Å². The topological polar surface area (TPSA) is 32.3 Å². The zero-order valence-electron chi connectivity index (χ0n) is 12.5. The van der Waals surface area contributed by atoms with Crippen molar-refractivity contribution in [1.29, 1.82) is 0 Å². The van der Waals surface area contributed by atoms with E-state index in [4.69, 9.17) is 0 Å². The number of alkyl halides is 3. The molecule has 1 aliphatic rings. The number of anilines is 1. The standard InChI is InChI=1S/C15H17F5N2O/c1-9(22-6-2-3-10(8-22)15(18,19)20)14(23)21-13-7-11(16)4-5-12(13)17/h4-5,7,9-10H,2-3,6,8H2,1H3,(H,21,23). The number of likely N-dealkylation sites (tertiary alicyclic amines) is 1. The van der Waals surface area contributed by atoms with Crippen LogP contribution in [0.4, 0.5) is 27.6 Å². The largest absolute Gasteiger partial charge is 0.393 e. The molecule has 3 nitrogen and oxygen atoms in total. The van der Waals surface area contributed by atoms with Gasteiger partial charge in [-0.05, 0) is 38.4 Å². The molecule has 1 aromatic carbocycles. The van der Waals surface area contributed by atoms with E-state index >= 15 is 0 Å². The zero-order valence-corrected chi connectivity index (χ0v) is 12.5. The first kappa shape index (κ1) is 17.7. The molecule has 0 aromatic heterocycles. The maximum Gasteiger partial charge on any atom is 0.393 e. The van der Waals surface area contributed by atoms with Crippen LogP contribution in [0.15, 0.2) is 18.2 Å². The van der Waals surface area contributed by atoms with Gasteiger partial charge in [-0.15, -0.1) is 0 Å². The molecule has 1 amide bonds. The highest BCUT2D eigenvalue weighted by molar-refractivity contribution is 5.94. The highest BCUT2D eigenvalue weighted by atomic mass is 19.4. The van der Waals surface area contributed by atoms with Crippen molar-refractivity contribution in [2.24, 2.45) is 5.92 Å². The maximum atomic E-state index is 13.5. The van der Waals surface area contributed by atoms with Gasteiger partial charge < -0.3 is 5.32 Å². The van der Waals surface area contributed by atoms with Gasteiger partial charge in [0.05, 0.1) is 17.6 Å². The molecule has 1 heterocycles. The minimum absolute atomic E-state index is 0.0346. The molecule has 23 heavy (non-hydrogen) atoms. The smallest absolute Gasteiger partial charge is 0.322 e. The van der Waals surface area contributed by atoms with E-state index in [2.05, 4.69) is 5.32 Å². The molecule has 1 aromatic rings. The Morgan fingerprint density at radius 3 is 2.70 bits per heavy atom. The van der Waals surface area contributed by atoms with Crippen LogP contribution in [0.2, 0.25) is 0 Å². The number of rotatable bonds is 3. The van der Waals surface area contributed by atoms with E-state index in [1.807, 2.05) is 0 Å². The number of nitrogens with zero attached hydrogens (tertiary/aromatic N) is 1. The van der Waals surface area contributed by atoms with Crippen LogP contribution in [0.25, 0.3) is 0 Å². The van der Waals surface area contributed by atoms with Crippen molar-refractivity contribution >= 4 is 11.6 Å². The molecule has 2 unspecified atom stereocenters. The second-order valence-electron chi connectivity index (χ2n) is 5.67. The molecule has 0 bridgehead atoms. The molecular weight excluding hydrogens is 319 g/mol. The Morgan fingerprint density at radius 1 is 1.35 bits per heavy atom. The molecule has 8 heteroatoms. The van der Waals surface area contributed by atoms with Gasteiger partial charge in [-0.1, -0.05) is 0 Å². The summed E-state index contributed by atoms with van der Waals surface area (Å²) in [5, 5.41) is 2.22. The van der Waals surface area contributed by atoms with Crippen molar-refractivity contribution in [2.45, 2.75) is 32.0 Å². The summed E-state index contributed by atoms with van der Waals surface area (Å²) >= 11 is 0. The Bertz CT molecular complexity index is 575. The highest BCUT2D eigenvalue weighted by Crippen LogP contribution is 2.33. The quantitative estimate of drug-likeness (QED) is 0.856. The van der Waals surface area contributed by atoms with Gasteiger partial charge in [-0.3, -0.25) is 9.69 Å². The minimum atomic E-state index is -4.30. The Kier molecular flexibility index (Phi) is 5.23. The van der Waals surface area contributed by atoms with Gasteiger partial charge in [0, 0.05) is 12.6 Å². The lowest BCUT2D eigenvalue weighted by Gasteiger charge is -2.36. The van der Waals surface area contributed by atoms with E-state index in [0.717, 1.165) is 18.2 Å². The van der Waals surface area contributed by atoms with E-state index < -0.39 is 35.7 Å². The number of hydrogen-bond donors (Lipinski definition) is 1. The third kappa shape index (κ3) is 4.40. The second kappa shape index (κ2) is 6.82. The monoisotopic (exact) mass is 336 g/mol. The van der Waals surface area contributed by atoms with Crippen LogP contribution in [0.1, 0.15) is 19.8 Å². The molecule has 1 fully saturated rings. The minimum Gasteiger partial charge on any atom is -0.322 e. The average molecular weight is 336 g/mol. The number of carbonyl (C=O) groups excluding carboxylic acids is 1. The second-order valence-corrected chi connectivity index (χ2v) is 5.67. The number of amides is 1. The first-order valence-electron chi connectivity index (χ1n) is 7.25. The van der Waals surface area contributed by atoms with Gasteiger partial charge in [0.2, 0.25) is 5.91 Å². The van der Waals surface area contributed by atoms with Crippen molar-refractivity contribution in [3.63, 3.8) is 0 Å². The molecule has 0 saturated carbocycles. The number of carbonyl (C=O) groups is 1. The molecule has 2 rings (SSSR count). The van der Waals surface area contributed by atoms with E-state index in [9.17, 15) is 26.7 Å². The molecular formula is C15H17F5N2O. The first-order chi connectivity index (χ1) is 10.7. The number of hydrogen-bond acceptors (Lipinski definition) is 2. The maximum absolute atomic E-state index is 13.5. The Labute approximate surface area is 130 Å². The van der Waals surface area contributed by atoms with E-state index in [1.54, 1.807) is 0 Å². The lowest BCUT2D eigenvalue weighted by molar-refractivity contribution is -0.188. The highest BCUT2D eigenvalue weighted by Gasteiger charge is 2.43. The summed E-state index contributed by atoms with van der Waals surface area (Å²) in [7, 11) is 0. The number of piperidine rings is 1. The number of halogens is 5. The Balaban J connectivity index is 2.03. The number of nitrogens with one attached hydrogen (secondary N) is 1. The summed E-state index contributed by atoms with van der Waals surface area (Å²) in [5.41, 5.74) is -0.328. The molecule has 1 saturated heterocycles. The third-order valence-electron chi connectivity index (χ3n) is 4.03. The fourth-order valence-corrected chi connectivity index (χ4v) is 2.62. The molecule has 1 N–H and O–H groups in total. The molecule has 0 spiro atoms. The Hall–Kier alpha value is -1.70. The lowest BCUT2D eigenvalue weighted by atomic mass is 9.96. The fourth-order valence-electron chi connectivity index (χ4n) is 2.62. The molecule has 1 aliphatic heterocycles. The van der Waals surface area contributed by atoms with Crippen molar-refractivity contribution in [3.8, 4) is 0 Å². The van der Waals surface area contributed by atoms with Crippen molar-refractivity contribution in [2.75, 3.05) is 18.4 Å². The molecule has 2 atom stereocenters. The average Bonchev–Trinajstić information content (AvgIpc) is 2.49. The van der Waals surface area contributed by atoms with Crippen molar-refractivity contribution < 1.29 is 26.7 Å². The van der Waals surface area contributed by atoms with Crippen LogP contribution < -0.4 is 5.32 Å². The van der Waals surface area contributed by atoms with Gasteiger partial charge in [0.1, 0.15) is 11.6 Å². The summed E-state index contributed by atoms with van der Waals surface area (Å²) in [5.74, 6) is -3.67. The predicted molar refractivity (Wildman–Crippen MR) is 74.8 cm³/mol. The fraction of sp³-hybridized carbons (Fsp3) is 0.533. The summed E-state index contributed by atoms with van der Waals surface area (Å²) in [6.45, 7) is 1.53. The molecule has 128 valence electrons. The Morgan fingerprint density at radius 2 is 2.04 bits per heavy atom. The van der Waals surface area contributed by atoms with Crippen LogP contribution in [0, 0.1) is 17.6 Å². The third-order valence-corrected chi connectivity index (χ3v) is 4.03. The summed E-state index contributed by atoms with van der Waals surface area (Å²) in [4.78, 5) is 13.5. The van der Waals surface area contributed by atoms with Crippen LogP contribution in [0.3, 0.4) is 0 Å².